The molecular weight excluding hydrogens is 482 g/mol. The minimum Gasteiger partial charge on any atom is -0.337 e. The van der Waals surface area contributed by atoms with E-state index in [0.29, 0.717) is 0 Å². The predicted octanol–water partition coefficient (Wildman–Crippen LogP) is 11.5. The zero-order valence-corrected chi connectivity index (χ0v) is 26.7. The van der Waals surface area contributed by atoms with Crippen LogP contribution in [0.2, 0.25) is 0 Å². The minimum absolute atomic E-state index is 0.913. The van der Waals surface area contributed by atoms with E-state index in [0.717, 1.165) is 19.4 Å². The third-order valence-electron chi connectivity index (χ3n) is 8.66. The Morgan fingerprint density at radius 3 is 1.23 bits per heavy atom. The predicted molar refractivity (Wildman–Crippen MR) is 178 cm³/mol. The van der Waals surface area contributed by atoms with Crippen LogP contribution in [0.25, 0.3) is 0 Å². The number of unbranched alkanes of at least 4 members (excludes halogenated alkanes) is 4. The highest BCUT2D eigenvalue weighted by molar-refractivity contribution is 5.73. The lowest BCUT2D eigenvalue weighted by Gasteiger charge is -2.33. The lowest BCUT2D eigenvalue weighted by molar-refractivity contribution is 0.742. The molecule has 0 heterocycles. The van der Waals surface area contributed by atoms with E-state index in [1.165, 1.54) is 94.0 Å². The Labute approximate surface area is 247 Å². The Bertz CT molecular complexity index is 1070. The average molecular weight is 540 g/mol. The topological polar surface area (TPSA) is 3.24 Å². The van der Waals surface area contributed by atoms with Crippen LogP contribution < -0.4 is 4.90 Å². The van der Waals surface area contributed by atoms with Gasteiger partial charge in [-0.25, -0.2) is 0 Å². The number of benzene rings is 3. The van der Waals surface area contributed by atoms with Crippen molar-refractivity contribution in [1.82, 2.24) is 0 Å². The van der Waals surface area contributed by atoms with Gasteiger partial charge in [-0.2, -0.15) is 0 Å². The number of hydrogen-bond donors (Lipinski definition) is 0. The van der Waals surface area contributed by atoms with E-state index in [1.54, 1.807) is 33.4 Å². The number of nitrogens with zero attached hydrogens (tertiary/aromatic N) is 1. The second-order valence-electron chi connectivity index (χ2n) is 11.6. The zero-order chi connectivity index (χ0) is 28.7. The molecular formula is C39H57N. The summed E-state index contributed by atoms with van der Waals surface area (Å²) in [5, 5.41) is 0. The SMILES string of the molecule is CCCCc1c(CC)ccc(N(Cc2ccccc2)c2ccc(CC)c(CCCC)c2CCCC)c1CCCC. The van der Waals surface area contributed by atoms with Gasteiger partial charge in [0.05, 0.1) is 0 Å². The second-order valence-corrected chi connectivity index (χ2v) is 11.6. The lowest BCUT2D eigenvalue weighted by atomic mass is 9.88. The summed E-state index contributed by atoms with van der Waals surface area (Å²) in [4.78, 5) is 2.72. The molecule has 0 saturated heterocycles. The monoisotopic (exact) mass is 539 g/mol. The van der Waals surface area contributed by atoms with E-state index in [1.807, 2.05) is 0 Å². The molecule has 0 aliphatic carbocycles. The summed E-state index contributed by atoms with van der Waals surface area (Å²) in [6, 6.07) is 21.0. The Morgan fingerprint density at radius 1 is 0.450 bits per heavy atom. The van der Waals surface area contributed by atoms with Crippen LogP contribution >= 0.6 is 0 Å². The van der Waals surface area contributed by atoms with Gasteiger partial charge in [0.1, 0.15) is 0 Å². The number of aryl methyl sites for hydroxylation is 2. The highest BCUT2D eigenvalue weighted by Gasteiger charge is 2.23. The van der Waals surface area contributed by atoms with Gasteiger partial charge in [0.2, 0.25) is 0 Å². The largest absolute Gasteiger partial charge is 0.337 e. The van der Waals surface area contributed by atoms with E-state index in [2.05, 4.69) is 101 Å². The highest BCUT2D eigenvalue weighted by atomic mass is 15.1. The molecule has 1 nitrogen and oxygen atoms in total. The fourth-order valence-electron chi connectivity index (χ4n) is 6.29. The summed E-state index contributed by atoms with van der Waals surface area (Å²) in [6.45, 7) is 14.9. The maximum Gasteiger partial charge on any atom is 0.0481 e. The summed E-state index contributed by atoms with van der Waals surface area (Å²) in [6.07, 6.45) is 17.0. The van der Waals surface area contributed by atoms with Crippen LogP contribution in [0.15, 0.2) is 54.6 Å². The average Bonchev–Trinajstić information content (AvgIpc) is 2.99. The number of rotatable bonds is 18. The third-order valence-corrected chi connectivity index (χ3v) is 8.66. The van der Waals surface area contributed by atoms with Crippen molar-refractivity contribution in [3.8, 4) is 0 Å². The van der Waals surface area contributed by atoms with Crippen LogP contribution in [0.1, 0.15) is 132 Å². The molecule has 0 bridgehead atoms. The highest BCUT2D eigenvalue weighted by Crippen LogP contribution is 2.40. The van der Waals surface area contributed by atoms with Gasteiger partial charge < -0.3 is 4.90 Å². The molecule has 0 aliphatic heterocycles. The molecule has 0 fully saturated rings. The van der Waals surface area contributed by atoms with Crippen LogP contribution in [0.5, 0.6) is 0 Å². The molecule has 0 aromatic heterocycles. The molecule has 0 atom stereocenters. The fraction of sp³-hybridized carbons (Fsp3) is 0.538. The van der Waals surface area contributed by atoms with Gasteiger partial charge in [0.15, 0.2) is 0 Å². The summed E-state index contributed by atoms with van der Waals surface area (Å²) < 4.78 is 0. The van der Waals surface area contributed by atoms with Crippen molar-refractivity contribution in [2.75, 3.05) is 4.90 Å². The van der Waals surface area contributed by atoms with Gasteiger partial charge in [0.25, 0.3) is 0 Å². The molecule has 0 spiro atoms. The molecule has 3 aromatic rings. The Balaban J connectivity index is 2.32. The third kappa shape index (κ3) is 8.25. The molecule has 0 aliphatic rings. The summed E-state index contributed by atoms with van der Waals surface area (Å²) >= 11 is 0. The Hall–Kier alpha value is -2.54. The van der Waals surface area contributed by atoms with Crippen molar-refractivity contribution in [1.29, 1.82) is 0 Å². The summed E-state index contributed by atoms with van der Waals surface area (Å²) in [5.41, 5.74) is 13.9. The van der Waals surface area contributed by atoms with Crippen molar-refractivity contribution in [3.63, 3.8) is 0 Å². The van der Waals surface area contributed by atoms with Crippen LogP contribution in [0.3, 0.4) is 0 Å². The maximum atomic E-state index is 2.72. The first-order chi connectivity index (χ1) is 19.6. The first kappa shape index (κ1) is 32.0. The van der Waals surface area contributed by atoms with Crippen molar-refractivity contribution < 1.29 is 0 Å². The molecule has 0 unspecified atom stereocenters. The summed E-state index contributed by atoms with van der Waals surface area (Å²) in [5.74, 6) is 0. The van der Waals surface area contributed by atoms with Gasteiger partial charge in [-0.15, -0.1) is 0 Å². The normalized spacial score (nSPS) is 11.2. The Kier molecular flexibility index (Phi) is 13.8. The van der Waals surface area contributed by atoms with E-state index in [-0.39, 0.29) is 0 Å². The zero-order valence-electron chi connectivity index (χ0n) is 26.7. The van der Waals surface area contributed by atoms with E-state index in [4.69, 9.17) is 0 Å². The van der Waals surface area contributed by atoms with Gasteiger partial charge in [-0.3, -0.25) is 0 Å². The molecule has 3 rings (SSSR count). The van der Waals surface area contributed by atoms with Crippen LogP contribution in [-0.4, -0.2) is 0 Å². The van der Waals surface area contributed by atoms with Gasteiger partial charge in [-0.1, -0.05) is 110 Å². The molecule has 40 heavy (non-hydrogen) atoms. The van der Waals surface area contributed by atoms with Crippen LogP contribution in [-0.2, 0) is 45.1 Å². The molecule has 3 aromatic carbocycles. The molecule has 0 amide bonds. The molecule has 0 saturated carbocycles. The molecule has 0 N–H and O–H groups in total. The van der Waals surface area contributed by atoms with Crippen molar-refractivity contribution in [2.45, 2.75) is 138 Å². The maximum absolute atomic E-state index is 2.72. The first-order valence-electron chi connectivity index (χ1n) is 16.7. The molecule has 1 heteroatoms. The smallest absolute Gasteiger partial charge is 0.0481 e. The van der Waals surface area contributed by atoms with E-state index >= 15 is 0 Å². The number of hydrogen-bond acceptors (Lipinski definition) is 1. The minimum atomic E-state index is 0.913. The first-order valence-corrected chi connectivity index (χ1v) is 16.7. The molecule has 218 valence electrons. The van der Waals surface area contributed by atoms with Gasteiger partial charge >= 0.3 is 0 Å². The summed E-state index contributed by atoms with van der Waals surface area (Å²) in [7, 11) is 0. The Morgan fingerprint density at radius 2 is 0.850 bits per heavy atom. The van der Waals surface area contributed by atoms with Crippen molar-refractivity contribution in [3.05, 3.63) is 93.5 Å². The quantitative estimate of drug-likeness (QED) is 0.155. The van der Waals surface area contributed by atoms with Crippen molar-refractivity contribution in [2.24, 2.45) is 0 Å². The van der Waals surface area contributed by atoms with Crippen LogP contribution in [0.4, 0.5) is 11.4 Å². The fourth-order valence-corrected chi connectivity index (χ4v) is 6.29. The standard InChI is InChI=1S/C39H57N/c1-7-13-22-34-32(11-5)26-28-38(36(34)24-15-9-3)40(30-31-20-18-17-19-21-31)39-29-27-33(12-6)35(23-14-8-2)37(39)25-16-10-4/h17-21,26-29H,7-16,22-25,30H2,1-6H3. The van der Waals surface area contributed by atoms with Crippen LogP contribution in [0, 0.1) is 0 Å². The van der Waals surface area contributed by atoms with Gasteiger partial charge in [-0.05, 0) is 115 Å². The number of anilines is 2. The second kappa shape index (κ2) is 17.3. The van der Waals surface area contributed by atoms with Gasteiger partial charge in [0, 0.05) is 17.9 Å². The van der Waals surface area contributed by atoms with E-state index < -0.39 is 0 Å². The van der Waals surface area contributed by atoms with E-state index in [9.17, 15) is 0 Å². The lowest BCUT2D eigenvalue weighted by Crippen LogP contribution is -2.22. The molecule has 0 radical (unpaired) electrons. The van der Waals surface area contributed by atoms with Crippen molar-refractivity contribution >= 4 is 11.4 Å².